The molecule has 2 heterocycles. The summed E-state index contributed by atoms with van der Waals surface area (Å²) >= 11 is 0. The molecule has 2 aliphatic rings. The lowest BCUT2D eigenvalue weighted by atomic mass is 10.1. The zero-order valence-electron chi connectivity index (χ0n) is 9.02. The van der Waals surface area contributed by atoms with Gasteiger partial charge in [0.1, 0.15) is 0 Å². The molecule has 2 saturated heterocycles. The monoisotopic (exact) mass is 213 g/mol. The normalized spacial score (nSPS) is 31.5. The number of rotatable bonds is 4. The average Bonchev–Trinajstić information content (AvgIpc) is 2.84. The molecule has 0 aliphatic carbocycles. The maximum Gasteiger partial charge on any atom is 0.223 e. The van der Waals surface area contributed by atoms with Gasteiger partial charge in [0.05, 0.1) is 6.10 Å². The molecule has 0 aromatic rings. The van der Waals surface area contributed by atoms with Crippen LogP contribution in [-0.4, -0.2) is 48.3 Å². The van der Waals surface area contributed by atoms with Crippen molar-refractivity contribution < 1.29 is 14.6 Å². The molecule has 2 unspecified atom stereocenters. The Kier molecular flexibility index (Phi) is 3.59. The molecule has 2 rings (SSSR count). The van der Waals surface area contributed by atoms with Crippen molar-refractivity contribution in [2.75, 3.05) is 26.3 Å². The van der Waals surface area contributed by atoms with E-state index in [4.69, 9.17) is 9.84 Å². The smallest absolute Gasteiger partial charge is 0.223 e. The minimum atomic E-state index is 0.127. The fourth-order valence-corrected chi connectivity index (χ4v) is 2.36. The van der Waals surface area contributed by atoms with E-state index in [-0.39, 0.29) is 18.4 Å². The molecule has 1 N–H and O–H groups in total. The second-order valence-electron chi connectivity index (χ2n) is 4.52. The Bertz CT molecular complexity index is 226. The molecule has 0 bridgehead atoms. The topological polar surface area (TPSA) is 49.8 Å². The fraction of sp³-hybridized carbons (Fsp3) is 0.909. The first kappa shape index (κ1) is 10.9. The minimum Gasteiger partial charge on any atom is -0.396 e. The number of hydrogen-bond acceptors (Lipinski definition) is 3. The third-order valence-corrected chi connectivity index (χ3v) is 3.30. The quantitative estimate of drug-likeness (QED) is 0.735. The number of amides is 1. The van der Waals surface area contributed by atoms with E-state index in [1.165, 1.54) is 0 Å². The van der Waals surface area contributed by atoms with Crippen molar-refractivity contribution in [1.82, 2.24) is 4.90 Å². The number of ether oxygens (including phenoxy) is 1. The van der Waals surface area contributed by atoms with Gasteiger partial charge in [0, 0.05) is 38.6 Å². The van der Waals surface area contributed by atoms with Crippen LogP contribution < -0.4 is 0 Å². The zero-order valence-corrected chi connectivity index (χ0v) is 9.02. The van der Waals surface area contributed by atoms with E-state index in [1.807, 2.05) is 4.90 Å². The summed E-state index contributed by atoms with van der Waals surface area (Å²) in [6, 6.07) is 0. The fourth-order valence-electron chi connectivity index (χ4n) is 2.36. The number of aliphatic hydroxyl groups excluding tert-OH is 1. The van der Waals surface area contributed by atoms with Crippen molar-refractivity contribution in [2.45, 2.75) is 31.8 Å². The molecule has 2 aliphatic heterocycles. The van der Waals surface area contributed by atoms with Gasteiger partial charge in [-0.15, -0.1) is 0 Å². The molecule has 0 aromatic heterocycles. The Morgan fingerprint density at radius 2 is 2.40 bits per heavy atom. The van der Waals surface area contributed by atoms with Gasteiger partial charge in [0.15, 0.2) is 0 Å². The van der Waals surface area contributed by atoms with Crippen molar-refractivity contribution in [3.63, 3.8) is 0 Å². The van der Waals surface area contributed by atoms with Gasteiger partial charge in [-0.2, -0.15) is 0 Å². The van der Waals surface area contributed by atoms with Crippen LogP contribution in [0.15, 0.2) is 0 Å². The molecule has 2 atom stereocenters. The maximum atomic E-state index is 11.5. The highest BCUT2D eigenvalue weighted by Crippen LogP contribution is 2.20. The summed E-state index contributed by atoms with van der Waals surface area (Å²) in [4.78, 5) is 13.4. The van der Waals surface area contributed by atoms with Gasteiger partial charge in [0.25, 0.3) is 0 Å². The van der Waals surface area contributed by atoms with E-state index < -0.39 is 0 Å². The van der Waals surface area contributed by atoms with E-state index in [9.17, 15) is 4.79 Å². The average molecular weight is 213 g/mol. The lowest BCUT2D eigenvalue weighted by molar-refractivity contribution is -0.128. The van der Waals surface area contributed by atoms with E-state index >= 15 is 0 Å². The van der Waals surface area contributed by atoms with Crippen LogP contribution in [0.25, 0.3) is 0 Å². The van der Waals surface area contributed by atoms with Gasteiger partial charge in [-0.05, 0) is 19.3 Å². The molecule has 86 valence electrons. The summed E-state index contributed by atoms with van der Waals surface area (Å²) in [5.74, 6) is 0.342. The second-order valence-corrected chi connectivity index (χ2v) is 4.52. The molecule has 15 heavy (non-hydrogen) atoms. The number of hydrogen-bond donors (Lipinski definition) is 1. The third kappa shape index (κ3) is 2.69. The Morgan fingerprint density at radius 3 is 3.00 bits per heavy atom. The Morgan fingerprint density at radius 1 is 1.53 bits per heavy atom. The van der Waals surface area contributed by atoms with Crippen LogP contribution in [0.1, 0.15) is 25.7 Å². The molecule has 1 amide bonds. The highest BCUT2D eigenvalue weighted by molar-refractivity contribution is 5.78. The van der Waals surface area contributed by atoms with Crippen molar-refractivity contribution >= 4 is 5.91 Å². The van der Waals surface area contributed by atoms with Gasteiger partial charge < -0.3 is 14.7 Å². The minimum absolute atomic E-state index is 0.127. The molecule has 4 heteroatoms. The van der Waals surface area contributed by atoms with E-state index in [1.54, 1.807) is 0 Å². The summed E-state index contributed by atoms with van der Waals surface area (Å²) in [5.41, 5.74) is 0. The van der Waals surface area contributed by atoms with Crippen LogP contribution in [0.4, 0.5) is 0 Å². The number of carbonyl (C=O) groups is 1. The van der Waals surface area contributed by atoms with Crippen molar-refractivity contribution in [3.8, 4) is 0 Å². The molecule has 0 saturated carbocycles. The first-order valence-corrected chi connectivity index (χ1v) is 5.80. The lowest BCUT2D eigenvalue weighted by Crippen LogP contribution is -2.29. The SMILES string of the molecule is O=C1CC(CO)CN1CCC1CCCO1. The molecule has 0 spiro atoms. The van der Waals surface area contributed by atoms with Gasteiger partial charge in [0.2, 0.25) is 5.91 Å². The molecular formula is C11H19NO3. The maximum absolute atomic E-state index is 11.5. The number of likely N-dealkylation sites (tertiary alicyclic amines) is 1. The summed E-state index contributed by atoms with van der Waals surface area (Å²) in [6.07, 6.45) is 4.10. The lowest BCUT2D eigenvalue weighted by Gasteiger charge is -2.18. The van der Waals surface area contributed by atoms with E-state index in [2.05, 4.69) is 0 Å². The summed E-state index contributed by atoms with van der Waals surface area (Å²) in [7, 11) is 0. The summed E-state index contributed by atoms with van der Waals surface area (Å²) < 4.78 is 5.51. The summed E-state index contributed by atoms with van der Waals surface area (Å²) in [6.45, 7) is 2.52. The largest absolute Gasteiger partial charge is 0.396 e. The zero-order chi connectivity index (χ0) is 10.7. The first-order chi connectivity index (χ1) is 7.29. The first-order valence-electron chi connectivity index (χ1n) is 5.80. The van der Waals surface area contributed by atoms with E-state index in [0.29, 0.717) is 12.5 Å². The molecule has 4 nitrogen and oxygen atoms in total. The Hall–Kier alpha value is -0.610. The Balaban J connectivity index is 1.72. The van der Waals surface area contributed by atoms with Crippen molar-refractivity contribution in [3.05, 3.63) is 0 Å². The Labute approximate surface area is 90.2 Å². The second kappa shape index (κ2) is 4.94. The van der Waals surface area contributed by atoms with Crippen LogP contribution in [0.2, 0.25) is 0 Å². The van der Waals surface area contributed by atoms with Gasteiger partial charge in [-0.3, -0.25) is 4.79 Å². The third-order valence-electron chi connectivity index (χ3n) is 3.30. The number of carbonyl (C=O) groups excluding carboxylic acids is 1. The van der Waals surface area contributed by atoms with Crippen molar-refractivity contribution in [1.29, 1.82) is 0 Å². The van der Waals surface area contributed by atoms with Gasteiger partial charge in [-0.1, -0.05) is 0 Å². The van der Waals surface area contributed by atoms with E-state index in [0.717, 1.165) is 39.0 Å². The van der Waals surface area contributed by atoms with Gasteiger partial charge in [-0.25, -0.2) is 0 Å². The van der Waals surface area contributed by atoms with Crippen LogP contribution in [-0.2, 0) is 9.53 Å². The molecule has 2 fully saturated rings. The van der Waals surface area contributed by atoms with Crippen LogP contribution in [0, 0.1) is 5.92 Å². The van der Waals surface area contributed by atoms with Crippen LogP contribution >= 0.6 is 0 Å². The standard InChI is InChI=1S/C11H19NO3/c13-8-9-6-11(14)12(7-9)4-3-10-2-1-5-15-10/h9-10,13H,1-8H2. The molecule has 0 aromatic carbocycles. The highest BCUT2D eigenvalue weighted by atomic mass is 16.5. The number of aliphatic hydroxyl groups is 1. The number of nitrogens with zero attached hydrogens (tertiary/aromatic N) is 1. The summed E-state index contributed by atoms with van der Waals surface area (Å²) in [5, 5.41) is 8.98. The predicted octanol–water partition coefficient (Wildman–Crippen LogP) is 0.396. The predicted molar refractivity (Wildman–Crippen MR) is 55.4 cm³/mol. The molecule has 0 radical (unpaired) electrons. The van der Waals surface area contributed by atoms with Crippen LogP contribution in [0.5, 0.6) is 0 Å². The highest BCUT2D eigenvalue weighted by Gasteiger charge is 2.29. The van der Waals surface area contributed by atoms with Gasteiger partial charge >= 0.3 is 0 Å². The van der Waals surface area contributed by atoms with Crippen LogP contribution in [0.3, 0.4) is 0 Å². The molecular weight excluding hydrogens is 194 g/mol. The van der Waals surface area contributed by atoms with Crippen molar-refractivity contribution in [2.24, 2.45) is 5.92 Å².